The Bertz CT molecular complexity index is 503. The molecule has 1 aromatic heterocycles. The first-order valence-electron chi connectivity index (χ1n) is 7.18. The second-order valence-electron chi connectivity index (χ2n) is 5.10. The van der Waals surface area contributed by atoms with Crippen LogP contribution in [-0.2, 0) is 11.2 Å². The molecule has 0 aliphatic carbocycles. The monoisotopic (exact) mass is 277 g/mol. The van der Waals surface area contributed by atoms with E-state index < -0.39 is 0 Å². The molecule has 1 amide bonds. The van der Waals surface area contributed by atoms with Crippen LogP contribution in [0.25, 0.3) is 0 Å². The first-order chi connectivity index (χ1) is 9.58. The normalized spacial score (nSPS) is 18.9. The molecule has 0 radical (unpaired) electrons. The zero-order valence-electron chi connectivity index (χ0n) is 12.7. The van der Waals surface area contributed by atoms with Crippen LogP contribution in [0.3, 0.4) is 0 Å². The van der Waals surface area contributed by atoms with E-state index in [1.54, 1.807) is 0 Å². The standard InChI is InChI=1S/C14H23N5O/c1-5-6-11-17-12(15-4)9(2)13(18-11)19-8-7-16-14(20)10(19)3/h10H,5-8H2,1-4H3,(H,16,20)(H,15,17,18). The average molecular weight is 277 g/mol. The summed E-state index contributed by atoms with van der Waals surface area (Å²) in [5.41, 5.74) is 0.994. The van der Waals surface area contributed by atoms with Gasteiger partial charge in [-0.15, -0.1) is 0 Å². The molecule has 0 spiro atoms. The number of nitrogens with zero attached hydrogens (tertiary/aromatic N) is 3. The summed E-state index contributed by atoms with van der Waals surface area (Å²) >= 11 is 0. The molecule has 0 aromatic carbocycles. The van der Waals surface area contributed by atoms with Gasteiger partial charge < -0.3 is 15.5 Å². The molecular formula is C14H23N5O. The predicted octanol–water partition coefficient (Wildman–Crippen LogP) is 1.10. The van der Waals surface area contributed by atoms with Crippen molar-refractivity contribution in [2.45, 2.75) is 39.7 Å². The highest BCUT2D eigenvalue weighted by Gasteiger charge is 2.28. The Morgan fingerprint density at radius 2 is 2.20 bits per heavy atom. The predicted molar refractivity (Wildman–Crippen MR) is 80.1 cm³/mol. The van der Waals surface area contributed by atoms with Crippen molar-refractivity contribution in [1.29, 1.82) is 0 Å². The summed E-state index contributed by atoms with van der Waals surface area (Å²) in [4.78, 5) is 23.1. The fraction of sp³-hybridized carbons (Fsp3) is 0.643. The molecule has 2 rings (SSSR count). The van der Waals surface area contributed by atoms with E-state index in [0.717, 1.165) is 42.4 Å². The van der Waals surface area contributed by atoms with Gasteiger partial charge in [-0.1, -0.05) is 6.92 Å². The van der Waals surface area contributed by atoms with Crippen LogP contribution < -0.4 is 15.5 Å². The largest absolute Gasteiger partial charge is 0.373 e. The molecule has 1 unspecified atom stereocenters. The molecule has 1 atom stereocenters. The first-order valence-corrected chi connectivity index (χ1v) is 7.18. The minimum Gasteiger partial charge on any atom is -0.373 e. The quantitative estimate of drug-likeness (QED) is 0.862. The van der Waals surface area contributed by atoms with Gasteiger partial charge in [0, 0.05) is 32.1 Å². The van der Waals surface area contributed by atoms with Crippen molar-refractivity contribution in [3.05, 3.63) is 11.4 Å². The van der Waals surface area contributed by atoms with Crippen molar-refractivity contribution >= 4 is 17.5 Å². The van der Waals surface area contributed by atoms with Gasteiger partial charge in [0.1, 0.15) is 23.5 Å². The van der Waals surface area contributed by atoms with Crippen LogP contribution in [0.15, 0.2) is 0 Å². The van der Waals surface area contributed by atoms with E-state index in [-0.39, 0.29) is 11.9 Å². The second-order valence-corrected chi connectivity index (χ2v) is 5.10. The van der Waals surface area contributed by atoms with E-state index in [2.05, 4.69) is 32.4 Å². The number of carbonyl (C=O) groups excluding carboxylic acids is 1. The summed E-state index contributed by atoms with van der Waals surface area (Å²) < 4.78 is 0. The average Bonchev–Trinajstić information content (AvgIpc) is 2.44. The highest BCUT2D eigenvalue weighted by molar-refractivity contribution is 5.86. The van der Waals surface area contributed by atoms with E-state index in [1.807, 2.05) is 20.9 Å². The molecule has 6 nitrogen and oxygen atoms in total. The number of hydrogen-bond acceptors (Lipinski definition) is 5. The minimum atomic E-state index is -0.198. The Morgan fingerprint density at radius 3 is 2.85 bits per heavy atom. The fourth-order valence-corrected chi connectivity index (χ4v) is 2.48. The molecule has 2 N–H and O–H groups in total. The van der Waals surface area contributed by atoms with Crippen LogP contribution in [0.2, 0.25) is 0 Å². The fourth-order valence-electron chi connectivity index (χ4n) is 2.48. The van der Waals surface area contributed by atoms with Gasteiger partial charge in [-0.05, 0) is 20.3 Å². The van der Waals surface area contributed by atoms with E-state index >= 15 is 0 Å². The van der Waals surface area contributed by atoms with Crippen LogP contribution in [0.4, 0.5) is 11.6 Å². The maximum Gasteiger partial charge on any atom is 0.242 e. The molecule has 1 aliphatic heterocycles. The van der Waals surface area contributed by atoms with Crippen LogP contribution in [-0.4, -0.2) is 42.1 Å². The van der Waals surface area contributed by atoms with Gasteiger partial charge in [0.15, 0.2) is 0 Å². The smallest absolute Gasteiger partial charge is 0.242 e. The zero-order chi connectivity index (χ0) is 14.7. The van der Waals surface area contributed by atoms with E-state index in [0.29, 0.717) is 6.54 Å². The van der Waals surface area contributed by atoms with Crippen molar-refractivity contribution in [3.63, 3.8) is 0 Å². The van der Waals surface area contributed by atoms with Gasteiger partial charge in [0.2, 0.25) is 5.91 Å². The zero-order valence-corrected chi connectivity index (χ0v) is 12.7. The third kappa shape index (κ3) is 2.69. The Labute approximate surface area is 120 Å². The second kappa shape index (κ2) is 6.07. The number of hydrogen-bond donors (Lipinski definition) is 2. The summed E-state index contributed by atoms with van der Waals surface area (Å²) in [5, 5.41) is 6.00. The number of carbonyl (C=O) groups is 1. The van der Waals surface area contributed by atoms with Crippen molar-refractivity contribution < 1.29 is 4.79 Å². The molecule has 0 bridgehead atoms. The number of aromatic nitrogens is 2. The summed E-state index contributed by atoms with van der Waals surface area (Å²) in [7, 11) is 1.86. The first kappa shape index (κ1) is 14.6. The van der Waals surface area contributed by atoms with Crippen molar-refractivity contribution in [3.8, 4) is 0 Å². The molecule has 1 aliphatic rings. The maximum atomic E-state index is 11.8. The Hall–Kier alpha value is -1.85. The molecule has 0 saturated carbocycles. The van der Waals surface area contributed by atoms with E-state index in [4.69, 9.17) is 0 Å². The lowest BCUT2D eigenvalue weighted by Gasteiger charge is -2.35. The third-order valence-corrected chi connectivity index (χ3v) is 3.65. The Balaban J connectivity index is 2.43. The van der Waals surface area contributed by atoms with Gasteiger partial charge in [-0.2, -0.15) is 0 Å². The lowest BCUT2D eigenvalue weighted by atomic mass is 10.1. The molecular weight excluding hydrogens is 254 g/mol. The van der Waals surface area contributed by atoms with E-state index in [1.165, 1.54) is 0 Å². The number of nitrogens with one attached hydrogen (secondary N) is 2. The van der Waals surface area contributed by atoms with Crippen molar-refractivity contribution in [1.82, 2.24) is 15.3 Å². The highest BCUT2D eigenvalue weighted by atomic mass is 16.2. The van der Waals surface area contributed by atoms with Gasteiger partial charge in [-0.25, -0.2) is 9.97 Å². The molecule has 20 heavy (non-hydrogen) atoms. The third-order valence-electron chi connectivity index (χ3n) is 3.65. The number of piperazine rings is 1. The number of amides is 1. The van der Waals surface area contributed by atoms with Crippen LogP contribution >= 0.6 is 0 Å². The van der Waals surface area contributed by atoms with Crippen molar-refractivity contribution in [2.24, 2.45) is 0 Å². The molecule has 2 heterocycles. The van der Waals surface area contributed by atoms with Gasteiger partial charge in [0.05, 0.1) is 0 Å². The van der Waals surface area contributed by atoms with Crippen molar-refractivity contribution in [2.75, 3.05) is 30.4 Å². The molecule has 1 fully saturated rings. The van der Waals surface area contributed by atoms with Crippen LogP contribution in [0.5, 0.6) is 0 Å². The maximum absolute atomic E-state index is 11.8. The molecule has 1 saturated heterocycles. The minimum absolute atomic E-state index is 0.0531. The van der Waals surface area contributed by atoms with Gasteiger partial charge in [-0.3, -0.25) is 4.79 Å². The number of rotatable bonds is 4. The Morgan fingerprint density at radius 1 is 1.45 bits per heavy atom. The topological polar surface area (TPSA) is 70.2 Å². The van der Waals surface area contributed by atoms with Crippen LogP contribution in [0.1, 0.15) is 31.7 Å². The molecule has 6 heteroatoms. The van der Waals surface area contributed by atoms with E-state index in [9.17, 15) is 4.79 Å². The molecule has 1 aromatic rings. The molecule has 110 valence electrons. The summed E-state index contributed by atoms with van der Waals surface area (Å²) in [6.45, 7) is 7.45. The highest BCUT2D eigenvalue weighted by Crippen LogP contribution is 2.26. The van der Waals surface area contributed by atoms with Crippen LogP contribution in [0, 0.1) is 6.92 Å². The lowest BCUT2D eigenvalue weighted by Crippen LogP contribution is -2.54. The summed E-state index contributed by atoms with van der Waals surface area (Å²) in [5.74, 6) is 2.60. The van der Waals surface area contributed by atoms with Gasteiger partial charge in [0.25, 0.3) is 0 Å². The lowest BCUT2D eigenvalue weighted by molar-refractivity contribution is -0.122. The number of anilines is 2. The summed E-state index contributed by atoms with van der Waals surface area (Å²) in [6.07, 6.45) is 1.85. The summed E-state index contributed by atoms with van der Waals surface area (Å²) in [6, 6.07) is -0.198. The SMILES string of the molecule is CCCc1nc(NC)c(C)c(N2CCNC(=O)C2C)n1. The number of aryl methyl sites for hydroxylation is 1. The Kier molecular flexibility index (Phi) is 4.42. The van der Waals surface area contributed by atoms with Gasteiger partial charge >= 0.3 is 0 Å².